The lowest BCUT2D eigenvalue weighted by atomic mass is 10.1. The smallest absolute Gasteiger partial charge is 0.0773 e. The Bertz CT molecular complexity index is 115. The fraction of sp³-hybridized carbons (Fsp3) is 1.00. The average molecular weight is 216 g/mol. The molecular weight excluding hydrogens is 188 g/mol. The molecule has 0 radical (unpaired) electrons. The summed E-state index contributed by atoms with van der Waals surface area (Å²) in [5.41, 5.74) is 0. The highest BCUT2D eigenvalue weighted by molar-refractivity contribution is 4.54. The topological polar surface area (TPSA) is 29.5 Å². The normalized spacial score (nSPS) is 13.0. The number of aliphatic hydroxyl groups is 1. The third-order valence-electron chi connectivity index (χ3n) is 2.66. The van der Waals surface area contributed by atoms with E-state index in [4.69, 9.17) is 4.74 Å². The Hall–Kier alpha value is -0.0800. The van der Waals surface area contributed by atoms with Crippen LogP contribution < -0.4 is 0 Å². The zero-order valence-electron chi connectivity index (χ0n) is 10.5. The second-order valence-corrected chi connectivity index (χ2v) is 4.22. The Morgan fingerprint density at radius 2 is 1.53 bits per heavy atom. The van der Waals surface area contributed by atoms with Crippen molar-refractivity contribution >= 4 is 0 Å². The van der Waals surface area contributed by atoms with Crippen LogP contribution in [0.1, 0.15) is 65.2 Å². The zero-order valence-corrected chi connectivity index (χ0v) is 10.5. The second-order valence-electron chi connectivity index (χ2n) is 4.22. The SMILES string of the molecule is CCCCCCCCC[C@H](O)COCC. The molecule has 0 aliphatic carbocycles. The molecule has 0 fully saturated rings. The summed E-state index contributed by atoms with van der Waals surface area (Å²) in [5, 5.41) is 9.50. The molecule has 0 unspecified atom stereocenters. The molecule has 0 aromatic rings. The minimum absolute atomic E-state index is 0.249. The predicted molar refractivity (Wildman–Crippen MR) is 65.1 cm³/mol. The van der Waals surface area contributed by atoms with Crippen molar-refractivity contribution in [3.63, 3.8) is 0 Å². The van der Waals surface area contributed by atoms with Crippen LogP contribution in [0.4, 0.5) is 0 Å². The summed E-state index contributed by atoms with van der Waals surface area (Å²) in [6.45, 7) is 5.41. The molecule has 1 N–H and O–H groups in total. The largest absolute Gasteiger partial charge is 0.391 e. The molecule has 1 atom stereocenters. The van der Waals surface area contributed by atoms with Gasteiger partial charge in [0.25, 0.3) is 0 Å². The highest BCUT2D eigenvalue weighted by atomic mass is 16.5. The first-order chi connectivity index (χ1) is 7.31. The van der Waals surface area contributed by atoms with Crippen LogP contribution in [0, 0.1) is 0 Å². The van der Waals surface area contributed by atoms with E-state index in [0.717, 1.165) is 12.8 Å². The van der Waals surface area contributed by atoms with Gasteiger partial charge in [0, 0.05) is 6.61 Å². The molecule has 0 spiro atoms. The Morgan fingerprint density at radius 3 is 2.13 bits per heavy atom. The molecule has 2 nitrogen and oxygen atoms in total. The molecule has 0 saturated carbocycles. The van der Waals surface area contributed by atoms with Crippen LogP contribution in [0.15, 0.2) is 0 Å². The summed E-state index contributed by atoms with van der Waals surface area (Å²) in [6.07, 6.45) is 9.77. The van der Waals surface area contributed by atoms with Gasteiger partial charge in [-0.3, -0.25) is 0 Å². The van der Waals surface area contributed by atoms with Crippen LogP contribution in [-0.4, -0.2) is 24.4 Å². The standard InChI is InChI=1S/C13H28O2/c1-3-5-6-7-8-9-10-11-13(14)12-15-4-2/h13-14H,3-12H2,1-2H3/t13-/m0/s1. The third kappa shape index (κ3) is 11.8. The Morgan fingerprint density at radius 1 is 0.933 bits per heavy atom. The molecule has 0 aliphatic heterocycles. The van der Waals surface area contributed by atoms with Gasteiger partial charge in [-0.2, -0.15) is 0 Å². The quantitative estimate of drug-likeness (QED) is 0.535. The number of hydrogen-bond acceptors (Lipinski definition) is 2. The lowest BCUT2D eigenvalue weighted by Gasteiger charge is -2.09. The van der Waals surface area contributed by atoms with E-state index in [-0.39, 0.29) is 6.10 Å². The molecule has 0 saturated heterocycles. The van der Waals surface area contributed by atoms with Gasteiger partial charge in [-0.1, -0.05) is 51.9 Å². The maximum atomic E-state index is 9.50. The number of hydrogen-bond donors (Lipinski definition) is 1. The van der Waals surface area contributed by atoms with Crippen LogP contribution in [0.3, 0.4) is 0 Å². The van der Waals surface area contributed by atoms with Gasteiger partial charge in [0.15, 0.2) is 0 Å². The first-order valence-electron chi connectivity index (χ1n) is 6.57. The van der Waals surface area contributed by atoms with E-state index in [2.05, 4.69) is 6.92 Å². The molecule has 0 aromatic heterocycles. The van der Waals surface area contributed by atoms with E-state index in [0.29, 0.717) is 13.2 Å². The van der Waals surface area contributed by atoms with Gasteiger partial charge in [-0.05, 0) is 13.3 Å². The highest BCUT2D eigenvalue weighted by Crippen LogP contribution is 2.09. The van der Waals surface area contributed by atoms with Crippen LogP contribution >= 0.6 is 0 Å². The minimum atomic E-state index is -0.249. The number of unbranched alkanes of at least 4 members (excludes halogenated alkanes) is 6. The number of aliphatic hydroxyl groups excluding tert-OH is 1. The second kappa shape index (κ2) is 12.0. The van der Waals surface area contributed by atoms with Crippen molar-refractivity contribution in [2.75, 3.05) is 13.2 Å². The molecule has 0 bridgehead atoms. The predicted octanol–water partition coefficient (Wildman–Crippen LogP) is 3.52. The van der Waals surface area contributed by atoms with E-state index in [1.165, 1.54) is 38.5 Å². The third-order valence-corrected chi connectivity index (χ3v) is 2.66. The van der Waals surface area contributed by atoms with Crippen molar-refractivity contribution in [1.82, 2.24) is 0 Å². The summed E-state index contributed by atoms with van der Waals surface area (Å²) in [7, 11) is 0. The van der Waals surface area contributed by atoms with Crippen molar-refractivity contribution in [2.24, 2.45) is 0 Å². The van der Waals surface area contributed by atoms with Crippen molar-refractivity contribution in [3.8, 4) is 0 Å². The van der Waals surface area contributed by atoms with Gasteiger partial charge in [0.1, 0.15) is 0 Å². The molecule has 0 rings (SSSR count). The maximum absolute atomic E-state index is 9.50. The summed E-state index contributed by atoms with van der Waals surface area (Å²) >= 11 is 0. The van der Waals surface area contributed by atoms with Crippen molar-refractivity contribution in [3.05, 3.63) is 0 Å². The summed E-state index contributed by atoms with van der Waals surface area (Å²) in [6, 6.07) is 0. The lowest BCUT2D eigenvalue weighted by Crippen LogP contribution is -2.14. The van der Waals surface area contributed by atoms with Gasteiger partial charge in [0.05, 0.1) is 12.7 Å². The zero-order chi connectivity index (χ0) is 11.4. The Labute approximate surface area is 95.0 Å². The average Bonchev–Trinajstić information content (AvgIpc) is 2.25. The van der Waals surface area contributed by atoms with E-state index in [9.17, 15) is 5.11 Å². The first kappa shape index (κ1) is 14.9. The molecule has 15 heavy (non-hydrogen) atoms. The lowest BCUT2D eigenvalue weighted by molar-refractivity contribution is 0.0368. The molecule has 0 amide bonds. The van der Waals surface area contributed by atoms with Crippen LogP contribution in [-0.2, 0) is 4.74 Å². The first-order valence-corrected chi connectivity index (χ1v) is 6.57. The summed E-state index contributed by atoms with van der Waals surface area (Å²) in [4.78, 5) is 0. The van der Waals surface area contributed by atoms with Gasteiger partial charge < -0.3 is 9.84 Å². The van der Waals surface area contributed by atoms with Crippen LogP contribution in [0.25, 0.3) is 0 Å². The van der Waals surface area contributed by atoms with Crippen molar-refractivity contribution in [1.29, 1.82) is 0 Å². The number of rotatable bonds is 11. The molecule has 0 aromatic carbocycles. The minimum Gasteiger partial charge on any atom is -0.391 e. The van der Waals surface area contributed by atoms with Crippen molar-refractivity contribution in [2.45, 2.75) is 71.3 Å². The fourth-order valence-electron chi connectivity index (χ4n) is 1.67. The molecule has 0 aliphatic rings. The van der Waals surface area contributed by atoms with E-state index in [1.807, 2.05) is 6.92 Å². The van der Waals surface area contributed by atoms with Gasteiger partial charge in [-0.15, -0.1) is 0 Å². The summed E-state index contributed by atoms with van der Waals surface area (Å²) < 4.78 is 5.16. The van der Waals surface area contributed by atoms with Gasteiger partial charge in [-0.25, -0.2) is 0 Å². The van der Waals surface area contributed by atoms with Gasteiger partial charge >= 0.3 is 0 Å². The Kier molecular flexibility index (Phi) is 11.9. The monoisotopic (exact) mass is 216 g/mol. The maximum Gasteiger partial charge on any atom is 0.0773 e. The number of ether oxygens (including phenoxy) is 1. The highest BCUT2D eigenvalue weighted by Gasteiger charge is 2.02. The fourth-order valence-corrected chi connectivity index (χ4v) is 1.67. The van der Waals surface area contributed by atoms with Crippen molar-refractivity contribution < 1.29 is 9.84 Å². The van der Waals surface area contributed by atoms with Crippen LogP contribution in [0.5, 0.6) is 0 Å². The van der Waals surface area contributed by atoms with E-state index >= 15 is 0 Å². The molecular formula is C13H28O2. The van der Waals surface area contributed by atoms with Crippen LogP contribution in [0.2, 0.25) is 0 Å². The van der Waals surface area contributed by atoms with E-state index < -0.39 is 0 Å². The van der Waals surface area contributed by atoms with E-state index in [1.54, 1.807) is 0 Å². The molecule has 2 heteroatoms. The molecule has 92 valence electrons. The Balaban J connectivity index is 3.02. The molecule has 0 heterocycles. The van der Waals surface area contributed by atoms with Gasteiger partial charge in [0.2, 0.25) is 0 Å². The summed E-state index contributed by atoms with van der Waals surface area (Å²) in [5.74, 6) is 0.